The summed E-state index contributed by atoms with van der Waals surface area (Å²) in [6.07, 6.45) is 1.44. The van der Waals surface area contributed by atoms with Gasteiger partial charge in [-0.15, -0.1) is 0 Å². The van der Waals surface area contributed by atoms with Crippen LogP contribution in [0.5, 0.6) is 0 Å². The molecule has 3 nitrogen and oxygen atoms in total. The Kier molecular flexibility index (Phi) is 4.79. The van der Waals surface area contributed by atoms with Crippen LogP contribution in [0.1, 0.15) is 45.1 Å². The molecule has 0 spiro atoms. The number of carboxylic acids is 1. The van der Waals surface area contributed by atoms with Gasteiger partial charge in [-0.05, 0) is 45.8 Å². The van der Waals surface area contributed by atoms with Crippen LogP contribution in [0, 0.1) is 5.41 Å². The van der Waals surface area contributed by atoms with E-state index in [-0.39, 0.29) is 5.41 Å². The van der Waals surface area contributed by atoms with E-state index < -0.39 is 11.9 Å². The molecule has 0 radical (unpaired) electrons. The molecule has 0 fully saturated rings. The van der Waals surface area contributed by atoms with E-state index in [2.05, 4.69) is 36.7 Å². The van der Waals surface area contributed by atoms with Gasteiger partial charge in [0.1, 0.15) is 0 Å². The summed E-state index contributed by atoms with van der Waals surface area (Å²) < 4.78 is 0.752. The number of hydrogen-bond donors (Lipinski definition) is 2. The fraction of sp³-hybridized carbons (Fsp3) is 0.500. The quantitative estimate of drug-likeness (QED) is 0.825. The van der Waals surface area contributed by atoms with E-state index in [0.29, 0.717) is 17.7 Å². The second-order valence-corrected chi connectivity index (χ2v) is 6.59. The molecule has 0 aliphatic heterocycles. The molecule has 3 N–H and O–H groups in total. The van der Waals surface area contributed by atoms with Gasteiger partial charge in [0.15, 0.2) is 0 Å². The molecule has 1 unspecified atom stereocenters. The Morgan fingerprint density at radius 2 is 2.06 bits per heavy atom. The summed E-state index contributed by atoms with van der Waals surface area (Å²) in [5, 5.41) is 9.37. The van der Waals surface area contributed by atoms with Gasteiger partial charge in [0.05, 0.1) is 5.92 Å². The van der Waals surface area contributed by atoms with E-state index in [1.165, 1.54) is 0 Å². The summed E-state index contributed by atoms with van der Waals surface area (Å²) in [5.41, 5.74) is 7.29. The van der Waals surface area contributed by atoms with E-state index in [1.54, 1.807) is 6.07 Å². The molecule has 100 valence electrons. The van der Waals surface area contributed by atoms with Crippen molar-refractivity contribution in [2.24, 2.45) is 5.41 Å². The first kappa shape index (κ1) is 15.0. The molecular weight excluding hydrogens is 294 g/mol. The van der Waals surface area contributed by atoms with Gasteiger partial charge in [-0.3, -0.25) is 4.79 Å². The van der Waals surface area contributed by atoms with Gasteiger partial charge in [0.25, 0.3) is 0 Å². The van der Waals surface area contributed by atoms with Gasteiger partial charge in [0.2, 0.25) is 0 Å². The van der Waals surface area contributed by atoms with Crippen molar-refractivity contribution in [3.63, 3.8) is 0 Å². The summed E-state index contributed by atoms with van der Waals surface area (Å²) in [6, 6.07) is 5.44. The number of benzene rings is 1. The molecule has 1 aromatic rings. The third-order valence-electron chi connectivity index (χ3n) is 2.94. The number of nitrogen functional groups attached to an aromatic ring is 1. The Balaban J connectivity index is 2.99. The first-order valence-electron chi connectivity index (χ1n) is 5.99. The van der Waals surface area contributed by atoms with Crippen molar-refractivity contribution in [3.05, 3.63) is 28.2 Å². The zero-order valence-corrected chi connectivity index (χ0v) is 12.6. The Hall–Kier alpha value is -1.03. The number of nitrogens with two attached hydrogens (primary N) is 1. The van der Waals surface area contributed by atoms with Crippen LogP contribution >= 0.6 is 15.9 Å². The zero-order valence-electron chi connectivity index (χ0n) is 11.0. The number of halogens is 1. The Labute approximate surface area is 117 Å². The lowest BCUT2D eigenvalue weighted by Crippen LogP contribution is -2.16. The molecule has 0 aliphatic carbocycles. The van der Waals surface area contributed by atoms with Gasteiger partial charge in [0, 0.05) is 10.2 Å². The van der Waals surface area contributed by atoms with Crippen LogP contribution in [-0.2, 0) is 4.79 Å². The average molecular weight is 314 g/mol. The topological polar surface area (TPSA) is 63.3 Å². The second-order valence-electron chi connectivity index (χ2n) is 5.73. The predicted octanol–water partition coefficient (Wildman–Crippen LogP) is 4.03. The molecule has 0 aliphatic rings. The van der Waals surface area contributed by atoms with Crippen LogP contribution in [0.3, 0.4) is 0 Å². The maximum Gasteiger partial charge on any atom is 0.311 e. The summed E-state index contributed by atoms with van der Waals surface area (Å²) in [7, 11) is 0. The molecule has 0 bridgehead atoms. The maximum atomic E-state index is 11.4. The number of para-hydroxylation sites is 1. The minimum Gasteiger partial charge on any atom is -0.481 e. The van der Waals surface area contributed by atoms with Crippen molar-refractivity contribution in [2.75, 3.05) is 5.73 Å². The number of aliphatic carboxylic acids is 1. The van der Waals surface area contributed by atoms with E-state index in [0.717, 1.165) is 10.9 Å². The van der Waals surface area contributed by atoms with Crippen molar-refractivity contribution >= 4 is 27.6 Å². The van der Waals surface area contributed by atoms with Crippen LogP contribution in [0.2, 0.25) is 0 Å². The Morgan fingerprint density at radius 3 is 2.56 bits per heavy atom. The fourth-order valence-electron chi connectivity index (χ4n) is 1.85. The highest BCUT2D eigenvalue weighted by atomic mass is 79.9. The third kappa shape index (κ3) is 4.02. The lowest BCUT2D eigenvalue weighted by molar-refractivity contribution is -0.139. The van der Waals surface area contributed by atoms with Gasteiger partial charge in [-0.25, -0.2) is 0 Å². The lowest BCUT2D eigenvalue weighted by atomic mass is 9.84. The number of carbonyl (C=O) groups is 1. The van der Waals surface area contributed by atoms with Crippen molar-refractivity contribution in [2.45, 2.75) is 39.5 Å². The molecule has 0 amide bonds. The molecular formula is C14H20BrNO2. The zero-order chi connectivity index (χ0) is 13.9. The first-order valence-corrected chi connectivity index (χ1v) is 6.78. The van der Waals surface area contributed by atoms with Crippen LogP contribution in [-0.4, -0.2) is 11.1 Å². The molecule has 0 heterocycles. The van der Waals surface area contributed by atoms with E-state index in [4.69, 9.17) is 5.73 Å². The molecule has 4 heteroatoms. The van der Waals surface area contributed by atoms with Crippen molar-refractivity contribution in [3.8, 4) is 0 Å². The van der Waals surface area contributed by atoms with E-state index in [9.17, 15) is 9.90 Å². The normalized spacial score (nSPS) is 13.3. The molecule has 0 aromatic heterocycles. The molecule has 0 saturated heterocycles. The molecule has 1 aromatic carbocycles. The predicted molar refractivity (Wildman–Crippen MR) is 77.6 cm³/mol. The summed E-state index contributed by atoms with van der Waals surface area (Å²) in [4.78, 5) is 11.4. The summed E-state index contributed by atoms with van der Waals surface area (Å²) in [6.45, 7) is 6.32. The standard InChI is InChI=1S/C14H20BrNO2/c1-14(2,3)8-7-10(13(17)18)9-5-4-6-11(15)12(9)16/h4-6,10H,7-8,16H2,1-3H3,(H,17,18). The highest BCUT2D eigenvalue weighted by molar-refractivity contribution is 9.10. The average Bonchev–Trinajstić information content (AvgIpc) is 2.22. The SMILES string of the molecule is CC(C)(C)CCC(C(=O)O)c1cccc(Br)c1N. The van der Waals surface area contributed by atoms with Crippen LogP contribution in [0.25, 0.3) is 0 Å². The molecule has 1 atom stereocenters. The van der Waals surface area contributed by atoms with Crippen molar-refractivity contribution < 1.29 is 9.90 Å². The van der Waals surface area contributed by atoms with Gasteiger partial charge in [-0.2, -0.15) is 0 Å². The highest BCUT2D eigenvalue weighted by Gasteiger charge is 2.24. The third-order valence-corrected chi connectivity index (χ3v) is 3.63. The number of anilines is 1. The van der Waals surface area contributed by atoms with Crippen LogP contribution < -0.4 is 5.73 Å². The highest BCUT2D eigenvalue weighted by Crippen LogP contribution is 2.34. The molecule has 0 saturated carbocycles. The van der Waals surface area contributed by atoms with Crippen molar-refractivity contribution in [1.29, 1.82) is 0 Å². The monoisotopic (exact) mass is 313 g/mol. The lowest BCUT2D eigenvalue weighted by Gasteiger charge is -2.22. The van der Waals surface area contributed by atoms with E-state index in [1.807, 2.05) is 12.1 Å². The Morgan fingerprint density at radius 1 is 1.44 bits per heavy atom. The minimum atomic E-state index is -0.816. The maximum absolute atomic E-state index is 11.4. The van der Waals surface area contributed by atoms with Crippen LogP contribution in [0.15, 0.2) is 22.7 Å². The summed E-state index contributed by atoms with van der Waals surface area (Å²) >= 11 is 3.34. The van der Waals surface area contributed by atoms with E-state index >= 15 is 0 Å². The van der Waals surface area contributed by atoms with Crippen molar-refractivity contribution in [1.82, 2.24) is 0 Å². The first-order chi connectivity index (χ1) is 8.22. The molecule has 1 rings (SSSR count). The van der Waals surface area contributed by atoms with Gasteiger partial charge >= 0.3 is 5.97 Å². The molecule has 18 heavy (non-hydrogen) atoms. The Bertz CT molecular complexity index is 438. The number of rotatable bonds is 4. The number of hydrogen-bond acceptors (Lipinski definition) is 2. The van der Waals surface area contributed by atoms with Gasteiger partial charge in [-0.1, -0.05) is 32.9 Å². The second kappa shape index (κ2) is 5.74. The smallest absolute Gasteiger partial charge is 0.311 e. The summed E-state index contributed by atoms with van der Waals surface area (Å²) in [5.74, 6) is -1.36. The largest absolute Gasteiger partial charge is 0.481 e. The minimum absolute atomic E-state index is 0.120. The van der Waals surface area contributed by atoms with Gasteiger partial charge < -0.3 is 10.8 Å². The fourth-order valence-corrected chi connectivity index (χ4v) is 2.23. The van der Waals surface area contributed by atoms with Crippen LogP contribution in [0.4, 0.5) is 5.69 Å². The number of carboxylic acid groups (broad SMARTS) is 1.